The average molecular weight is 546 g/mol. The predicted octanol–water partition coefficient (Wildman–Crippen LogP) is 5.56. The number of anilines is 1. The summed E-state index contributed by atoms with van der Waals surface area (Å²) in [6.07, 6.45) is 1.33. The monoisotopic (exact) mass is 545 g/mol. The van der Waals surface area contributed by atoms with Crippen molar-refractivity contribution < 1.29 is 14.6 Å². The number of aliphatic hydroxyl groups excluding tert-OH is 1. The van der Waals surface area contributed by atoms with Gasteiger partial charge in [-0.3, -0.25) is 4.90 Å². The smallest absolute Gasteiger partial charge is 0.410 e. The number of nitrogens with one attached hydrogen (secondary N) is 1. The number of piperazine rings is 1. The number of aromatic nitrogens is 2. The molecular weight excluding hydrogens is 510 g/mol. The molecule has 1 amide bonds. The molecule has 0 bridgehead atoms. The maximum absolute atomic E-state index is 12.3. The van der Waals surface area contributed by atoms with Crippen LogP contribution in [-0.4, -0.2) is 69.4 Å². The Labute approximate surface area is 233 Å². The largest absolute Gasteiger partial charge is 0.444 e. The van der Waals surface area contributed by atoms with Crippen molar-refractivity contribution in [3.05, 3.63) is 78.1 Å². The molecule has 1 fully saturated rings. The maximum atomic E-state index is 12.3. The summed E-state index contributed by atoms with van der Waals surface area (Å²) in [5.74, 6) is 0.723. The highest BCUT2D eigenvalue weighted by molar-refractivity contribution is 7.22. The fraction of sp³-hybridized carbons (Fsp3) is 0.367. The Balaban J connectivity index is 1.23. The van der Waals surface area contributed by atoms with Crippen LogP contribution in [0.15, 0.2) is 67.0 Å². The lowest BCUT2D eigenvalue weighted by atomic mass is 10.1. The van der Waals surface area contributed by atoms with E-state index in [1.54, 1.807) is 22.6 Å². The first-order valence-corrected chi connectivity index (χ1v) is 14.1. The van der Waals surface area contributed by atoms with Crippen LogP contribution in [0.3, 0.4) is 0 Å². The molecule has 5 rings (SSSR count). The zero-order valence-electron chi connectivity index (χ0n) is 22.6. The Morgan fingerprint density at radius 1 is 1.05 bits per heavy atom. The first-order valence-electron chi connectivity index (χ1n) is 13.3. The van der Waals surface area contributed by atoms with Gasteiger partial charge in [0.2, 0.25) is 0 Å². The number of ether oxygens (including phenoxy) is 1. The van der Waals surface area contributed by atoms with Crippen LogP contribution in [-0.2, 0) is 11.3 Å². The molecule has 2 aromatic carbocycles. The van der Waals surface area contributed by atoms with Gasteiger partial charge >= 0.3 is 6.09 Å². The van der Waals surface area contributed by atoms with Crippen molar-refractivity contribution in [2.75, 3.05) is 38.1 Å². The summed E-state index contributed by atoms with van der Waals surface area (Å²) < 4.78 is 6.47. The van der Waals surface area contributed by atoms with Crippen LogP contribution in [0.2, 0.25) is 0 Å². The number of nitrogens with zero attached hydrogens (tertiary/aromatic N) is 4. The van der Waals surface area contributed by atoms with Gasteiger partial charge in [-0.2, -0.15) is 0 Å². The molecule has 2 aromatic heterocycles. The Kier molecular flexibility index (Phi) is 8.11. The van der Waals surface area contributed by atoms with Gasteiger partial charge in [0.15, 0.2) is 0 Å². The Morgan fingerprint density at radius 2 is 1.77 bits per heavy atom. The van der Waals surface area contributed by atoms with Crippen LogP contribution in [0.1, 0.15) is 37.9 Å². The van der Waals surface area contributed by atoms with E-state index in [-0.39, 0.29) is 18.7 Å². The minimum Gasteiger partial charge on any atom is -0.444 e. The molecule has 0 aliphatic carbocycles. The molecular formula is C30H35N5O3S. The van der Waals surface area contributed by atoms with Crippen molar-refractivity contribution in [2.24, 2.45) is 0 Å². The van der Waals surface area contributed by atoms with Crippen LogP contribution >= 0.6 is 11.3 Å². The molecule has 3 heterocycles. The fourth-order valence-corrected chi connectivity index (χ4v) is 5.70. The third-order valence-corrected chi connectivity index (χ3v) is 7.86. The first-order chi connectivity index (χ1) is 18.8. The number of carbonyl (C=O) groups is 1. The molecule has 8 nitrogen and oxygen atoms in total. The van der Waals surface area contributed by atoms with Crippen LogP contribution in [0.4, 0.5) is 10.6 Å². The van der Waals surface area contributed by atoms with Crippen LogP contribution in [0.5, 0.6) is 0 Å². The number of aliphatic hydroxyl groups is 1. The second-order valence-corrected chi connectivity index (χ2v) is 11.8. The Hall–Kier alpha value is -3.53. The lowest BCUT2D eigenvalue weighted by Gasteiger charge is -2.35. The summed E-state index contributed by atoms with van der Waals surface area (Å²) in [6, 6.07) is 20.4. The molecule has 0 radical (unpaired) electrons. The van der Waals surface area contributed by atoms with Gasteiger partial charge in [-0.25, -0.2) is 14.8 Å². The van der Waals surface area contributed by atoms with E-state index in [0.29, 0.717) is 13.1 Å². The molecule has 0 saturated carbocycles. The molecule has 4 aromatic rings. The van der Waals surface area contributed by atoms with E-state index in [9.17, 15) is 9.90 Å². The summed E-state index contributed by atoms with van der Waals surface area (Å²) >= 11 is 1.64. The van der Waals surface area contributed by atoms with Crippen molar-refractivity contribution in [3.8, 4) is 10.4 Å². The second-order valence-electron chi connectivity index (χ2n) is 10.8. The number of benzene rings is 2. The average Bonchev–Trinajstić information content (AvgIpc) is 3.37. The van der Waals surface area contributed by atoms with Crippen LogP contribution < -0.4 is 5.32 Å². The summed E-state index contributed by atoms with van der Waals surface area (Å²) in [6.45, 7) is 9.48. The van der Waals surface area contributed by atoms with Gasteiger partial charge in [0.25, 0.3) is 0 Å². The number of hydrogen-bond donors (Lipinski definition) is 2. The zero-order chi connectivity index (χ0) is 27.4. The maximum Gasteiger partial charge on any atom is 0.410 e. The highest BCUT2D eigenvalue weighted by Crippen LogP contribution is 2.36. The van der Waals surface area contributed by atoms with E-state index >= 15 is 0 Å². The van der Waals surface area contributed by atoms with Crippen LogP contribution in [0.25, 0.3) is 20.7 Å². The van der Waals surface area contributed by atoms with Crippen molar-refractivity contribution in [1.82, 2.24) is 19.8 Å². The number of hydrogen-bond acceptors (Lipinski definition) is 8. The van der Waals surface area contributed by atoms with Gasteiger partial charge in [-0.15, -0.1) is 11.3 Å². The van der Waals surface area contributed by atoms with Gasteiger partial charge in [0.1, 0.15) is 17.7 Å². The molecule has 1 atom stereocenters. The molecule has 204 valence electrons. The molecule has 1 saturated heterocycles. The molecule has 0 unspecified atom stereocenters. The van der Waals surface area contributed by atoms with E-state index in [4.69, 9.17) is 4.74 Å². The van der Waals surface area contributed by atoms with Gasteiger partial charge in [-0.1, -0.05) is 54.6 Å². The molecule has 39 heavy (non-hydrogen) atoms. The predicted molar refractivity (Wildman–Crippen MR) is 156 cm³/mol. The topological polar surface area (TPSA) is 90.8 Å². The standard InChI is InChI=1S/C30H35N5O3S/c1-30(2,3)38-29(37)35-15-13-34(14-16-35)18-21-9-11-23(12-10-21)26-17-24-27(39-26)28(32-20-31-24)33-25(19-36)22-7-5-4-6-8-22/h4-12,17,20,25,36H,13-16,18-19H2,1-3H3,(H,31,32,33)/t25-/m1/s1. The van der Waals surface area contributed by atoms with E-state index in [0.717, 1.165) is 51.7 Å². The van der Waals surface area contributed by atoms with Crippen molar-refractivity contribution in [1.29, 1.82) is 0 Å². The van der Waals surface area contributed by atoms with Gasteiger partial charge < -0.3 is 20.1 Å². The van der Waals surface area contributed by atoms with Gasteiger partial charge in [0, 0.05) is 37.6 Å². The van der Waals surface area contributed by atoms with Crippen molar-refractivity contribution in [2.45, 2.75) is 39.0 Å². The fourth-order valence-electron chi connectivity index (χ4n) is 4.63. The molecule has 0 spiro atoms. The normalized spacial score (nSPS) is 15.3. The number of fused-ring (bicyclic) bond motifs is 1. The third-order valence-electron chi connectivity index (χ3n) is 6.68. The number of rotatable bonds is 7. The summed E-state index contributed by atoms with van der Waals surface area (Å²) in [5, 5.41) is 13.4. The highest BCUT2D eigenvalue weighted by Gasteiger charge is 2.26. The SMILES string of the molecule is CC(C)(C)OC(=O)N1CCN(Cc2ccc(-c3cc4ncnc(N[C@H](CO)c5ccccc5)c4s3)cc2)CC1. The van der Waals surface area contributed by atoms with Crippen LogP contribution in [0, 0.1) is 0 Å². The van der Waals surface area contributed by atoms with Crippen molar-refractivity contribution >= 4 is 33.5 Å². The number of carbonyl (C=O) groups excluding carboxylic acids is 1. The third kappa shape index (κ3) is 6.73. The first kappa shape index (κ1) is 27.1. The van der Waals surface area contributed by atoms with Crippen molar-refractivity contribution in [3.63, 3.8) is 0 Å². The minimum atomic E-state index is -0.473. The zero-order valence-corrected chi connectivity index (χ0v) is 23.4. The highest BCUT2D eigenvalue weighted by atomic mass is 32.1. The second kappa shape index (κ2) is 11.7. The molecule has 1 aliphatic rings. The summed E-state index contributed by atoms with van der Waals surface area (Å²) in [4.78, 5) is 26.6. The lowest BCUT2D eigenvalue weighted by molar-refractivity contribution is 0.0139. The van der Waals surface area contributed by atoms with E-state index in [1.165, 1.54) is 5.56 Å². The minimum absolute atomic E-state index is 0.0365. The quantitative estimate of drug-likeness (QED) is 0.314. The summed E-state index contributed by atoms with van der Waals surface area (Å²) in [5.41, 5.74) is 3.78. The van der Waals surface area contributed by atoms with E-state index in [1.807, 2.05) is 51.1 Å². The summed E-state index contributed by atoms with van der Waals surface area (Å²) in [7, 11) is 0. The lowest BCUT2D eigenvalue weighted by Crippen LogP contribution is -2.49. The van der Waals surface area contributed by atoms with E-state index < -0.39 is 5.60 Å². The molecule has 2 N–H and O–H groups in total. The molecule has 1 aliphatic heterocycles. The number of amides is 1. The number of thiophene rings is 1. The molecule has 9 heteroatoms. The Morgan fingerprint density at radius 3 is 2.44 bits per heavy atom. The van der Waals surface area contributed by atoms with E-state index in [2.05, 4.69) is 50.5 Å². The van der Waals surface area contributed by atoms with Gasteiger partial charge in [0.05, 0.1) is 22.9 Å². The van der Waals surface area contributed by atoms with Gasteiger partial charge in [-0.05, 0) is 43.5 Å². The Bertz CT molecular complexity index is 1390.